The van der Waals surface area contributed by atoms with E-state index >= 15 is 0 Å². The maximum absolute atomic E-state index is 12.7. The molecular weight excluding hydrogens is 400 g/mol. The zero-order valence-electron chi connectivity index (χ0n) is 17.0. The predicted octanol–water partition coefficient (Wildman–Crippen LogP) is 4.19. The number of nitrogens with zero attached hydrogens (tertiary/aromatic N) is 1. The quantitative estimate of drug-likeness (QED) is 0.522. The van der Waals surface area contributed by atoms with Crippen molar-refractivity contribution in [3.8, 4) is 11.5 Å². The lowest BCUT2D eigenvalue weighted by Crippen LogP contribution is -2.23. The smallest absolute Gasteiger partial charge is 0.244 e. The van der Waals surface area contributed by atoms with Gasteiger partial charge >= 0.3 is 0 Å². The third-order valence-electron chi connectivity index (χ3n) is 4.31. The average molecular weight is 425 g/mol. The van der Waals surface area contributed by atoms with E-state index in [0.717, 1.165) is 10.6 Å². The molecule has 156 valence electrons. The maximum Gasteiger partial charge on any atom is 0.244 e. The molecule has 1 heterocycles. The fraction of sp³-hybridized carbons (Fsp3) is 0.217. The molecule has 30 heavy (non-hydrogen) atoms. The third-order valence-corrected chi connectivity index (χ3v) is 5.35. The number of thioether (sulfide) groups is 1. The topological polar surface area (TPSA) is 69.6 Å². The highest BCUT2D eigenvalue weighted by Crippen LogP contribution is 2.25. The number of pyridine rings is 1. The van der Waals surface area contributed by atoms with Crippen LogP contribution in [0.1, 0.15) is 12.6 Å². The first-order valence-corrected chi connectivity index (χ1v) is 10.6. The second kappa shape index (κ2) is 10.5. The van der Waals surface area contributed by atoms with Crippen LogP contribution in [-0.4, -0.2) is 24.2 Å². The fourth-order valence-corrected chi connectivity index (χ4v) is 3.80. The number of nitrogens with one attached hydrogen (secondary N) is 1. The van der Waals surface area contributed by atoms with Crippen molar-refractivity contribution in [2.24, 2.45) is 0 Å². The highest BCUT2D eigenvalue weighted by molar-refractivity contribution is 7.98. The molecule has 3 aromatic rings. The lowest BCUT2D eigenvalue weighted by atomic mass is 10.3. The average Bonchev–Trinajstić information content (AvgIpc) is 2.76. The van der Waals surface area contributed by atoms with Crippen LogP contribution in [0.4, 0.5) is 5.69 Å². The van der Waals surface area contributed by atoms with E-state index in [1.165, 1.54) is 13.2 Å². The molecule has 1 N–H and O–H groups in total. The molecule has 6 nitrogen and oxygen atoms in total. The van der Waals surface area contributed by atoms with Gasteiger partial charge in [-0.2, -0.15) is 0 Å². The summed E-state index contributed by atoms with van der Waals surface area (Å²) in [7, 11) is 1.44. The molecule has 0 bridgehead atoms. The molecule has 0 aliphatic rings. The van der Waals surface area contributed by atoms with Crippen molar-refractivity contribution in [2.75, 3.05) is 19.0 Å². The number of rotatable bonds is 9. The number of ether oxygens (including phenoxy) is 2. The molecule has 0 fully saturated rings. The first-order valence-electron chi connectivity index (χ1n) is 9.57. The van der Waals surface area contributed by atoms with Crippen molar-refractivity contribution in [3.63, 3.8) is 0 Å². The Balaban J connectivity index is 1.79. The van der Waals surface area contributed by atoms with Crippen molar-refractivity contribution >= 4 is 23.4 Å². The summed E-state index contributed by atoms with van der Waals surface area (Å²) < 4.78 is 12.5. The summed E-state index contributed by atoms with van der Waals surface area (Å²) in [6.45, 7) is 2.44. The second-order valence-electron chi connectivity index (χ2n) is 6.40. The summed E-state index contributed by atoms with van der Waals surface area (Å²) >= 11 is 1.60. The summed E-state index contributed by atoms with van der Waals surface area (Å²) in [5, 5.41) is 2.89. The Labute approximate surface area is 179 Å². The largest absolute Gasteiger partial charge is 0.492 e. The lowest BCUT2D eigenvalue weighted by molar-refractivity contribution is -0.116. The van der Waals surface area contributed by atoms with Crippen molar-refractivity contribution in [2.45, 2.75) is 24.1 Å². The lowest BCUT2D eigenvalue weighted by Gasteiger charge is -2.16. The van der Waals surface area contributed by atoms with Gasteiger partial charge in [0.05, 0.1) is 25.6 Å². The van der Waals surface area contributed by atoms with E-state index in [0.29, 0.717) is 23.8 Å². The van der Waals surface area contributed by atoms with Gasteiger partial charge in [0.1, 0.15) is 12.3 Å². The molecule has 0 radical (unpaired) electrons. The summed E-state index contributed by atoms with van der Waals surface area (Å²) in [4.78, 5) is 26.1. The van der Waals surface area contributed by atoms with Crippen molar-refractivity contribution < 1.29 is 14.3 Å². The Morgan fingerprint density at radius 1 is 1.07 bits per heavy atom. The molecule has 0 saturated heterocycles. The minimum absolute atomic E-state index is 0.0434. The van der Waals surface area contributed by atoms with Crippen LogP contribution in [0.15, 0.2) is 76.6 Å². The van der Waals surface area contributed by atoms with Crippen LogP contribution in [0.2, 0.25) is 0 Å². The maximum atomic E-state index is 12.7. The van der Waals surface area contributed by atoms with Crippen LogP contribution in [0, 0.1) is 0 Å². The normalized spacial score (nSPS) is 10.5. The summed E-state index contributed by atoms with van der Waals surface area (Å²) in [6, 6.07) is 18.7. The van der Waals surface area contributed by atoms with Crippen LogP contribution in [-0.2, 0) is 17.1 Å². The van der Waals surface area contributed by atoms with Gasteiger partial charge in [-0.3, -0.25) is 9.59 Å². The number of carbonyl (C=O) groups excluding carboxylic acids is 1. The molecule has 3 rings (SSSR count). The molecule has 2 aromatic carbocycles. The minimum atomic E-state index is -0.223. The number of benzene rings is 2. The van der Waals surface area contributed by atoms with Gasteiger partial charge < -0.3 is 19.4 Å². The molecule has 0 aliphatic heterocycles. The van der Waals surface area contributed by atoms with Crippen LogP contribution >= 0.6 is 11.8 Å². The van der Waals surface area contributed by atoms with Crippen LogP contribution < -0.4 is 20.2 Å². The molecule has 0 aliphatic carbocycles. The molecule has 0 atom stereocenters. The Morgan fingerprint density at radius 2 is 1.80 bits per heavy atom. The molecule has 1 amide bonds. The first kappa shape index (κ1) is 21.5. The highest BCUT2D eigenvalue weighted by atomic mass is 32.2. The molecule has 7 heteroatoms. The summed E-state index contributed by atoms with van der Waals surface area (Å²) in [5.41, 5.74) is 1.14. The first-order chi connectivity index (χ1) is 14.6. The van der Waals surface area contributed by atoms with Crippen molar-refractivity contribution in [1.29, 1.82) is 0 Å². The van der Waals surface area contributed by atoms with Crippen LogP contribution in [0.3, 0.4) is 0 Å². The fourth-order valence-electron chi connectivity index (χ4n) is 2.89. The van der Waals surface area contributed by atoms with E-state index in [1.54, 1.807) is 28.6 Å². The minimum Gasteiger partial charge on any atom is -0.492 e. The van der Waals surface area contributed by atoms with Gasteiger partial charge in [0.15, 0.2) is 5.75 Å². The summed E-state index contributed by atoms with van der Waals surface area (Å²) in [6.07, 6.45) is 1.58. The number of aromatic nitrogens is 1. The molecule has 0 spiro atoms. The number of hydrogen-bond donors (Lipinski definition) is 1. The second-order valence-corrected chi connectivity index (χ2v) is 7.45. The van der Waals surface area contributed by atoms with Gasteiger partial charge in [0.25, 0.3) is 0 Å². The molecule has 0 unspecified atom stereocenters. The van der Waals surface area contributed by atoms with Gasteiger partial charge in [-0.25, -0.2) is 0 Å². The number of hydrogen-bond acceptors (Lipinski definition) is 5. The van der Waals surface area contributed by atoms with Gasteiger partial charge in [-0.1, -0.05) is 30.3 Å². The zero-order chi connectivity index (χ0) is 21.3. The Bertz CT molecular complexity index is 1050. The van der Waals surface area contributed by atoms with Gasteiger partial charge in [0.2, 0.25) is 11.3 Å². The van der Waals surface area contributed by atoms with E-state index in [9.17, 15) is 9.59 Å². The molecular formula is C23H24N2O4S. The Hall–Kier alpha value is -3.19. The van der Waals surface area contributed by atoms with E-state index < -0.39 is 0 Å². The van der Waals surface area contributed by atoms with Crippen LogP contribution in [0.25, 0.3) is 0 Å². The Morgan fingerprint density at radius 3 is 2.53 bits per heavy atom. The predicted molar refractivity (Wildman–Crippen MR) is 119 cm³/mol. The van der Waals surface area contributed by atoms with E-state index in [-0.39, 0.29) is 23.6 Å². The standard InChI is InChI=1S/C23H24N2O4S/c1-3-29-21-12-8-7-11-19(21)24-23(27)15-25-14-22(28-2)20(26)13-17(25)16-30-18-9-5-4-6-10-18/h4-14H,3,15-16H2,1-2H3,(H,24,27). The monoisotopic (exact) mass is 424 g/mol. The number of amides is 1. The van der Waals surface area contributed by atoms with Gasteiger partial charge in [0, 0.05) is 22.4 Å². The van der Waals surface area contributed by atoms with Gasteiger partial charge in [-0.05, 0) is 31.2 Å². The zero-order valence-corrected chi connectivity index (χ0v) is 17.8. The Kier molecular flexibility index (Phi) is 7.57. The number of carbonyl (C=O) groups is 1. The van der Waals surface area contributed by atoms with E-state index in [4.69, 9.17) is 9.47 Å². The number of anilines is 1. The summed E-state index contributed by atoms with van der Waals surface area (Å²) in [5.74, 6) is 1.14. The number of para-hydroxylation sites is 2. The van der Waals surface area contributed by atoms with Crippen LogP contribution in [0.5, 0.6) is 11.5 Å². The van der Waals surface area contributed by atoms with Crippen molar-refractivity contribution in [1.82, 2.24) is 4.57 Å². The van der Waals surface area contributed by atoms with Crippen molar-refractivity contribution in [3.05, 3.63) is 82.8 Å². The molecule has 1 aromatic heterocycles. The molecule has 0 saturated carbocycles. The third kappa shape index (κ3) is 5.67. The highest BCUT2D eigenvalue weighted by Gasteiger charge is 2.13. The van der Waals surface area contributed by atoms with E-state index in [1.807, 2.05) is 55.5 Å². The van der Waals surface area contributed by atoms with E-state index in [2.05, 4.69) is 5.32 Å². The SMILES string of the molecule is CCOc1ccccc1NC(=O)Cn1cc(OC)c(=O)cc1CSc1ccccc1. The number of methoxy groups -OCH3 is 1. The van der Waals surface area contributed by atoms with Gasteiger partial charge in [-0.15, -0.1) is 11.8 Å².